The lowest BCUT2D eigenvalue weighted by molar-refractivity contribution is -0.116. The Labute approximate surface area is 169 Å². The zero-order valence-corrected chi connectivity index (χ0v) is 16.4. The van der Waals surface area contributed by atoms with E-state index >= 15 is 0 Å². The SMILES string of the molecule is COc1ccc(-c2ccccc2C(=O)Nc2ccc3c(c2)CCN3C(C)=O)cc1. The van der Waals surface area contributed by atoms with E-state index in [-0.39, 0.29) is 11.8 Å². The van der Waals surface area contributed by atoms with Crippen LogP contribution in [0.4, 0.5) is 11.4 Å². The molecule has 5 nitrogen and oxygen atoms in total. The van der Waals surface area contributed by atoms with Crippen LogP contribution in [0, 0.1) is 0 Å². The summed E-state index contributed by atoms with van der Waals surface area (Å²) in [7, 11) is 1.63. The van der Waals surface area contributed by atoms with Crippen LogP contribution in [0.2, 0.25) is 0 Å². The fraction of sp³-hybridized carbons (Fsp3) is 0.167. The third kappa shape index (κ3) is 3.72. The summed E-state index contributed by atoms with van der Waals surface area (Å²) in [4.78, 5) is 26.5. The maximum absolute atomic E-state index is 13.0. The second kappa shape index (κ2) is 7.80. The minimum absolute atomic E-state index is 0.0361. The van der Waals surface area contributed by atoms with Crippen molar-refractivity contribution in [2.75, 3.05) is 23.9 Å². The first-order valence-electron chi connectivity index (χ1n) is 9.52. The molecular formula is C24H22N2O3. The molecular weight excluding hydrogens is 364 g/mol. The number of rotatable bonds is 4. The monoisotopic (exact) mass is 386 g/mol. The molecule has 1 N–H and O–H groups in total. The molecule has 0 aromatic heterocycles. The number of ether oxygens (including phenoxy) is 1. The first-order chi connectivity index (χ1) is 14.1. The lowest BCUT2D eigenvalue weighted by Gasteiger charge is -2.15. The molecule has 0 spiro atoms. The van der Waals surface area contributed by atoms with Crippen LogP contribution in [-0.4, -0.2) is 25.5 Å². The molecule has 3 aromatic carbocycles. The fourth-order valence-electron chi connectivity index (χ4n) is 3.71. The highest BCUT2D eigenvalue weighted by Gasteiger charge is 2.22. The molecule has 0 unspecified atom stereocenters. The van der Waals surface area contributed by atoms with Crippen LogP contribution in [0.3, 0.4) is 0 Å². The Balaban J connectivity index is 1.59. The van der Waals surface area contributed by atoms with Gasteiger partial charge in [0.05, 0.1) is 7.11 Å². The van der Waals surface area contributed by atoms with Gasteiger partial charge in [-0.2, -0.15) is 0 Å². The number of amides is 2. The van der Waals surface area contributed by atoms with Crippen LogP contribution in [-0.2, 0) is 11.2 Å². The minimum atomic E-state index is -0.169. The second-order valence-electron chi connectivity index (χ2n) is 6.99. The predicted octanol–water partition coefficient (Wildman–Crippen LogP) is 4.52. The average molecular weight is 386 g/mol. The van der Waals surface area contributed by atoms with Crippen molar-refractivity contribution >= 4 is 23.2 Å². The van der Waals surface area contributed by atoms with Crippen molar-refractivity contribution in [3.63, 3.8) is 0 Å². The quantitative estimate of drug-likeness (QED) is 0.717. The molecule has 0 atom stereocenters. The van der Waals surface area contributed by atoms with Crippen molar-refractivity contribution in [2.45, 2.75) is 13.3 Å². The van der Waals surface area contributed by atoms with Crippen LogP contribution < -0.4 is 15.0 Å². The molecule has 2 amide bonds. The van der Waals surface area contributed by atoms with Gasteiger partial charge in [-0.1, -0.05) is 30.3 Å². The van der Waals surface area contributed by atoms with Crippen molar-refractivity contribution in [1.29, 1.82) is 0 Å². The molecule has 29 heavy (non-hydrogen) atoms. The first kappa shape index (κ1) is 18.7. The van der Waals surface area contributed by atoms with Gasteiger partial charge in [0.1, 0.15) is 5.75 Å². The number of nitrogens with zero attached hydrogens (tertiary/aromatic N) is 1. The van der Waals surface area contributed by atoms with E-state index in [2.05, 4.69) is 5.32 Å². The van der Waals surface area contributed by atoms with Crippen molar-refractivity contribution in [3.05, 3.63) is 77.9 Å². The van der Waals surface area contributed by atoms with Crippen molar-refractivity contribution in [3.8, 4) is 16.9 Å². The third-order valence-electron chi connectivity index (χ3n) is 5.19. The van der Waals surface area contributed by atoms with Gasteiger partial charge in [-0.15, -0.1) is 0 Å². The van der Waals surface area contributed by atoms with E-state index in [1.165, 1.54) is 0 Å². The van der Waals surface area contributed by atoms with E-state index in [4.69, 9.17) is 4.74 Å². The molecule has 3 aromatic rings. The van der Waals surface area contributed by atoms with Crippen molar-refractivity contribution < 1.29 is 14.3 Å². The number of carbonyl (C=O) groups is 2. The number of benzene rings is 3. The smallest absolute Gasteiger partial charge is 0.256 e. The number of hydrogen-bond donors (Lipinski definition) is 1. The Morgan fingerprint density at radius 3 is 2.48 bits per heavy atom. The van der Waals surface area contributed by atoms with Gasteiger partial charge in [-0.25, -0.2) is 0 Å². The number of carbonyl (C=O) groups excluding carboxylic acids is 2. The normalized spacial score (nSPS) is 12.4. The van der Waals surface area contributed by atoms with Gasteiger partial charge in [-0.3, -0.25) is 9.59 Å². The maximum atomic E-state index is 13.0. The Morgan fingerprint density at radius 2 is 1.76 bits per heavy atom. The van der Waals surface area contributed by atoms with E-state index in [1.807, 2.05) is 66.7 Å². The molecule has 0 aliphatic carbocycles. The van der Waals surface area contributed by atoms with Gasteiger partial charge in [-0.05, 0) is 59.5 Å². The molecule has 0 bridgehead atoms. The largest absolute Gasteiger partial charge is 0.497 e. The summed E-state index contributed by atoms with van der Waals surface area (Å²) in [6, 6.07) is 20.9. The number of nitrogens with one attached hydrogen (secondary N) is 1. The molecule has 5 heteroatoms. The molecule has 0 fully saturated rings. The fourth-order valence-corrected chi connectivity index (χ4v) is 3.71. The van der Waals surface area contributed by atoms with Crippen LogP contribution in [0.15, 0.2) is 66.7 Å². The number of methoxy groups -OCH3 is 1. The Kier molecular flexibility index (Phi) is 5.04. The van der Waals surface area contributed by atoms with Crippen molar-refractivity contribution in [1.82, 2.24) is 0 Å². The summed E-state index contributed by atoms with van der Waals surface area (Å²) in [5, 5.41) is 3.00. The van der Waals surface area contributed by atoms with Gasteiger partial charge >= 0.3 is 0 Å². The van der Waals surface area contributed by atoms with E-state index < -0.39 is 0 Å². The van der Waals surface area contributed by atoms with E-state index in [0.717, 1.165) is 40.2 Å². The summed E-state index contributed by atoms with van der Waals surface area (Å²) in [5.74, 6) is 0.639. The van der Waals surface area contributed by atoms with Gasteiger partial charge in [0, 0.05) is 30.4 Å². The average Bonchev–Trinajstić information content (AvgIpc) is 3.17. The van der Waals surface area contributed by atoms with Crippen LogP contribution >= 0.6 is 0 Å². The standard InChI is InChI=1S/C24H22N2O3/c1-16(27)26-14-13-18-15-19(9-12-23(18)26)25-24(28)22-6-4-3-5-21(22)17-7-10-20(29-2)11-8-17/h3-12,15H,13-14H2,1-2H3,(H,25,28). The first-order valence-corrected chi connectivity index (χ1v) is 9.52. The topological polar surface area (TPSA) is 58.6 Å². The van der Waals surface area contributed by atoms with E-state index in [0.29, 0.717) is 12.1 Å². The van der Waals surface area contributed by atoms with Gasteiger partial charge in [0.25, 0.3) is 5.91 Å². The molecule has 0 saturated heterocycles. The maximum Gasteiger partial charge on any atom is 0.256 e. The summed E-state index contributed by atoms with van der Waals surface area (Å²) in [6.07, 6.45) is 0.793. The van der Waals surface area contributed by atoms with Gasteiger partial charge < -0.3 is 15.0 Å². The van der Waals surface area contributed by atoms with Crippen molar-refractivity contribution in [2.24, 2.45) is 0 Å². The van der Waals surface area contributed by atoms with Crippen LogP contribution in [0.1, 0.15) is 22.8 Å². The molecule has 146 valence electrons. The van der Waals surface area contributed by atoms with Crippen LogP contribution in [0.25, 0.3) is 11.1 Å². The highest BCUT2D eigenvalue weighted by molar-refractivity contribution is 6.09. The lowest BCUT2D eigenvalue weighted by atomic mass is 9.99. The minimum Gasteiger partial charge on any atom is -0.497 e. The summed E-state index contributed by atoms with van der Waals surface area (Å²) >= 11 is 0. The van der Waals surface area contributed by atoms with Gasteiger partial charge in [0.15, 0.2) is 0 Å². The number of fused-ring (bicyclic) bond motifs is 1. The Bertz CT molecular complexity index is 1070. The van der Waals surface area contributed by atoms with E-state index in [9.17, 15) is 9.59 Å². The van der Waals surface area contributed by atoms with Crippen LogP contribution in [0.5, 0.6) is 5.75 Å². The molecule has 1 aliphatic rings. The van der Waals surface area contributed by atoms with E-state index in [1.54, 1.807) is 18.9 Å². The zero-order valence-electron chi connectivity index (χ0n) is 16.4. The summed E-state index contributed by atoms with van der Waals surface area (Å²) < 4.78 is 5.22. The number of anilines is 2. The zero-order chi connectivity index (χ0) is 20.4. The highest BCUT2D eigenvalue weighted by Crippen LogP contribution is 2.31. The Hall–Kier alpha value is -3.60. The summed E-state index contributed by atoms with van der Waals surface area (Å²) in [5.41, 5.74) is 5.13. The molecule has 1 aliphatic heterocycles. The predicted molar refractivity (Wildman–Crippen MR) is 115 cm³/mol. The molecule has 4 rings (SSSR count). The summed E-state index contributed by atoms with van der Waals surface area (Å²) in [6.45, 7) is 2.25. The second-order valence-corrected chi connectivity index (χ2v) is 6.99. The lowest BCUT2D eigenvalue weighted by Crippen LogP contribution is -2.25. The molecule has 1 heterocycles. The highest BCUT2D eigenvalue weighted by atomic mass is 16.5. The number of hydrogen-bond acceptors (Lipinski definition) is 3. The Morgan fingerprint density at radius 1 is 1.00 bits per heavy atom. The molecule has 0 radical (unpaired) electrons. The third-order valence-corrected chi connectivity index (χ3v) is 5.19. The van der Waals surface area contributed by atoms with Gasteiger partial charge in [0.2, 0.25) is 5.91 Å². The molecule has 0 saturated carbocycles.